The number of rotatable bonds is 3. The van der Waals surface area contributed by atoms with Crippen LogP contribution >= 0.6 is 0 Å². The van der Waals surface area contributed by atoms with Crippen molar-refractivity contribution in [3.63, 3.8) is 0 Å². The highest BCUT2D eigenvalue weighted by atomic mass is 16.4. The van der Waals surface area contributed by atoms with Crippen LogP contribution in [-0.4, -0.2) is 30.8 Å². The Bertz CT molecular complexity index is 880. The lowest BCUT2D eigenvalue weighted by molar-refractivity contribution is -0.136. The molecule has 7 heteroatoms. The molecule has 2 N–H and O–H groups in total. The molecule has 7 nitrogen and oxygen atoms in total. The summed E-state index contributed by atoms with van der Waals surface area (Å²) in [6.45, 7) is 1.80. The lowest BCUT2D eigenvalue weighted by Gasteiger charge is -2.02. The quantitative estimate of drug-likeness (QED) is 0.748. The first-order chi connectivity index (χ1) is 10.1. The second kappa shape index (κ2) is 4.86. The van der Waals surface area contributed by atoms with E-state index in [4.69, 9.17) is 5.11 Å². The maximum atomic E-state index is 12.0. The lowest BCUT2D eigenvalue weighted by Crippen LogP contribution is -2.16. The fraction of sp³-hybridized carbons (Fsp3) is 0.143. The summed E-state index contributed by atoms with van der Waals surface area (Å²) in [5, 5.41) is 13.9. The summed E-state index contributed by atoms with van der Waals surface area (Å²) < 4.78 is 1.54. The molecule has 0 aromatic carbocycles. The SMILES string of the molecule is Cc1nn(-c2ccccn2)c2[nH]c(=O)c(CC(=O)O)cc12. The van der Waals surface area contributed by atoms with Gasteiger partial charge in [-0.1, -0.05) is 6.07 Å². The number of nitrogens with zero attached hydrogens (tertiary/aromatic N) is 3. The molecule has 0 unspecified atom stereocenters. The Hall–Kier alpha value is -2.96. The second-order valence-electron chi connectivity index (χ2n) is 4.64. The molecule has 3 rings (SSSR count). The Morgan fingerprint density at radius 3 is 2.90 bits per heavy atom. The van der Waals surface area contributed by atoms with Gasteiger partial charge in [-0.3, -0.25) is 9.59 Å². The van der Waals surface area contributed by atoms with Gasteiger partial charge in [0.05, 0.1) is 12.1 Å². The smallest absolute Gasteiger partial charge is 0.308 e. The van der Waals surface area contributed by atoms with E-state index in [1.54, 1.807) is 31.3 Å². The van der Waals surface area contributed by atoms with Gasteiger partial charge in [0, 0.05) is 17.1 Å². The predicted octanol–water partition coefficient (Wildman–Crippen LogP) is 1.04. The van der Waals surface area contributed by atoms with E-state index in [1.165, 1.54) is 4.68 Å². The topological polar surface area (TPSA) is 101 Å². The molecule has 0 saturated carbocycles. The number of H-pyrrole nitrogens is 1. The van der Waals surface area contributed by atoms with Crippen LogP contribution in [0.1, 0.15) is 11.3 Å². The van der Waals surface area contributed by atoms with Gasteiger partial charge < -0.3 is 10.1 Å². The first-order valence-corrected chi connectivity index (χ1v) is 6.31. The molecular weight excluding hydrogens is 272 g/mol. The number of aromatic nitrogens is 4. The highest BCUT2D eigenvalue weighted by molar-refractivity contribution is 5.81. The van der Waals surface area contributed by atoms with E-state index in [0.29, 0.717) is 22.5 Å². The average Bonchev–Trinajstić information content (AvgIpc) is 2.77. The number of carboxylic acids is 1. The Labute approximate surface area is 118 Å². The number of aryl methyl sites for hydroxylation is 1. The predicted molar refractivity (Wildman–Crippen MR) is 75.6 cm³/mol. The van der Waals surface area contributed by atoms with Gasteiger partial charge in [-0.2, -0.15) is 9.78 Å². The van der Waals surface area contributed by atoms with Gasteiger partial charge in [-0.15, -0.1) is 0 Å². The van der Waals surface area contributed by atoms with Crippen LogP contribution in [0.2, 0.25) is 0 Å². The van der Waals surface area contributed by atoms with E-state index in [2.05, 4.69) is 15.1 Å². The van der Waals surface area contributed by atoms with Crippen molar-refractivity contribution in [2.75, 3.05) is 0 Å². The van der Waals surface area contributed by atoms with E-state index in [-0.39, 0.29) is 12.0 Å². The number of aromatic amines is 1. The summed E-state index contributed by atoms with van der Waals surface area (Å²) in [5.74, 6) is -0.466. The van der Waals surface area contributed by atoms with Crippen molar-refractivity contribution in [3.05, 3.63) is 52.1 Å². The van der Waals surface area contributed by atoms with Gasteiger partial charge >= 0.3 is 5.97 Å². The molecule has 0 bridgehead atoms. The normalized spacial score (nSPS) is 10.9. The summed E-state index contributed by atoms with van der Waals surface area (Å²) in [7, 11) is 0. The maximum absolute atomic E-state index is 12.0. The Kier molecular flexibility index (Phi) is 3.02. The number of pyridine rings is 2. The van der Waals surface area contributed by atoms with Crippen LogP contribution in [0.15, 0.2) is 35.3 Å². The fourth-order valence-corrected chi connectivity index (χ4v) is 2.20. The van der Waals surface area contributed by atoms with Crippen LogP contribution in [0, 0.1) is 6.92 Å². The monoisotopic (exact) mass is 284 g/mol. The zero-order chi connectivity index (χ0) is 15.0. The number of carbonyl (C=O) groups is 1. The molecule has 0 amide bonds. The van der Waals surface area contributed by atoms with Crippen LogP contribution in [0.4, 0.5) is 0 Å². The van der Waals surface area contributed by atoms with Crippen molar-refractivity contribution in [2.24, 2.45) is 0 Å². The first kappa shape index (κ1) is 13.0. The van der Waals surface area contributed by atoms with E-state index in [1.807, 2.05) is 6.07 Å². The van der Waals surface area contributed by atoms with E-state index >= 15 is 0 Å². The van der Waals surface area contributed by atoms with Crippen molar-refractivity contribution in [1.29, 1.82) is 0 Å². The molecule has 3 heterocycles. The van der Waals surface area contributed by atoms with Crippen LogP contribution in [0.3, 0.4) is 0 Å². The van der Waals surface area contributed by atoms with Crippen molar-refractivity contribution in [3.8, 4) is 5.82 Å². The summed E-state index contributed by atoms with van der Waals surface area (Å²) in [6, 6.07) is 6.96. The third-order valence-corrected chi connectivity index (χ3v) is 3.16. The molecule has 3 aromatic heterocycles. The Morgan fingerprint density at radius 2 is 2.24 bits per heavy atom. The zero-order valence-corrected chi connectivity index (χ0v) is 11.2. The molecule has 0 aliphatic heterocycles. The molecule has 0 spiro atoms. The summed E-state index contributed by atoms with van der Waals surface area (Å²) >= 11 is 0. The van der Waals surface area contributed by atoms with Crippen molar-refractivity contribution in [1.82, 2.24) is 19.7 Å². The zero-order valence-electron chi connectivity index (χ0n) is 11.2. The van der Waals surface area contributed by atoms with Crippen molar-refractivity contribution in [2.45, 2.75) is 13.3 Å². The standard InChI is InChI=1S/C14H12N4O3/c1-8-10-6-9(7-12(19)20)14(21)16-13(10)18(17-8)11-4-2-3-5-15-11/h2-6H,7H2,1H3,(H,16,21)(H,19,20). The second-order valence-corrected chi connectivity index (χ2v) is 4.64. The third kappa shape index (κ3) is 2.29. The molecule has 0 aliphatic rings. The van der Waals surface area contributed by atoms with Crippen LogP contribution < -0.4 is 5.56 Å². The molecule has 106 valence electrons. The lowest BCUT2D eigenvalue weighted by atomic mass is 10.1. The average molecular weight is 284 g/mol. The highest BCUT2D eigenvalue weighted by Crippen LogP contribution is 2.18. The van der Waals surface area contributed by atoms with Gasteiger partial charge in [0.15, 0.2) is 5.82 Å². The van der Waals surface area contributed by atoms with Gasteiger partial charge in [-0.25, -0.2) is 4.98 Å². The third-order valence-electron chi connectivity index (χ3n) is 3.16. The van der Waals surface area contributed by atoms with Crippen LogP contribution in [0.25, 0.3) is 16.9 Å². The number of carboxylic acid groups (broad SMARTS) is 1. The summed E-state index contributed by atoms with van der Waals surface area (Å²) in [6.07, 6.45) is 1.31. The van der Waals surface area contributed by atoms with E-state index < -0.39 is 11.5 Å². The maximum Gasteiger partial charge on any atom is 0.308 e. The van der Waals surface area contributed by atoms with Crippen molar-refractivity contribution < 1.29 is 9.90 Å². The number of aliphatic carboxylic acids is 1. The Balaban J connectivity index is 2.25. The minimum atomic E-state index is -1.05. The molecule has 0 atom stereocenters. The minimum Gasteiger partial charge on any atom is -0.481 e. The van der Waals surface area contributed by atoms with E-state index in [0.717, 1.165) is 0 Å². The molecular formula is C14H12N4O3. The van der Waals surface area contributed by atoms with Gasteiger partial charge in [0.1, 0.15) is 5.65 Å². The van der Waals surface area contributed by atoms with Crippen LogP contribution in [-0.2, 0) is 11.2 Å². The van der Waals surface area contributed by atoms with Gasteiger partial charge in [-0.05, 0) is 25.1 Å². The molecule has 0 aliphatic carbocycles. The van der Waals surface area contributed by atoms with Gasteiger partial charge in [0.25, 0.3) is 5.56 Å². The number of hydrogen-bond acceptors (Lipinski definition) is 4. The highest BCUT2D eigenvalue weighted by Gasteiger charge is 2.14. The molecule has 21 heavy (non-hydrogen) atoms. The van der Waals surface area contributed by atoms with Crippen LogP contribution in [0.5, 0.6) is 0 Å². The summed E-state index contributed by atoms with van der Waals surface area (Å²) in [4.78, 5) is 29.7. The largest absolute Gasteiger partial charge is 0.481 e. The number of hydrogen-bond donors (Lipinski definition) is 2. The molecule has 0 fully saturated rings. The minimum absolute atomic E-state index is 0.207. The summed E-state index contributed by atoms with van der Waals surface area (Å²) in [5.41, 5.74) is 0.976. The van der Waals surface area contributed by atoms with Crippen molar-refractivity contribution >= 4 is 17.0 Å². The molecule has 3 aromatic rings. The number of nitrogens with one attached hydrogen (secondary N) is 1. The molecule has 0 saturated heterocycles. The first-order valence-electron chi connectivity index (χ1n) is 6.31. The molecule has 0 radical (unpaired) electrons. The Morgan fingerprint density at radius 1 is 1.43 bits per heavy atom. The number of fused-ring (bicyclic) bond motifs is 1. The van der Waals surface area contributed by atoms with E-state index in [9.17, 15) is 9.59 Å². The fourth-order valence-electron chi connectivity index (χ4n) is 2.20. The van der Waals surface area contributed by atoms with Gasteiger partial charge in [0.2, 0.25) is 0 Å².